The third kappa shape index (κ3) is 4.86. The summed E-state index contributed by atoms with van der Waals surface area (Å²) in [5.41, 5.74) is 2.18. The summed E-state index contributed by atoms with van der Waals surface area (Å²) in [6, 6.07) is 19.8. The summed E-state index contributed by atoms with van der Waals surface area (Å²) in [7, 11) is 0. The van der Waals surface area contributed by atoms with E-state index in [2.05, 4.69) is 0 Å². The zero-order valence-corrected chi connectivity index (χ0v) is 11.6. The van der Waals surface area contributed by atoms with Gasteiger partial charge in [-0.2, -0.15) is 0 Å². The van der Waals surface area contributed by atoms with Crippen LogP contribution in [0.3, 0.4) is 0 Å². The SMILES string of the molecule is C[C@@H](/C=[N+](\O)Cc1ccccc1)OCc1ccccc1. The minimum Gasteiger partial charge on any atom is -0.363 e. The number of hydrogen-bond acceptors (Lipinski definition) is 2. The number of ether oxygens (including phenoxy) is 1. The Morgan fingerprint density at radius 2 is 1.55 bits per heavy atom. The predicted molar refractivity (Wildman–Crippen MR) is 78.9 cm³/mol. The summed E-state index contributed by atoms with van der Waals surface area (Å²) in [4.78, 5) is 0. The minimum absolute atomic E-state index is 0.149. The standard InChI is InChI=1S/C17H20NO2/c1-15(20-14-17-10-6-3-7-11-17)12-18(19)13-16-8-4-2-5-9-16/h2-12,15,19H,13-14H2,1H3/q+1/b18-12-/t15-/m0/s1. The van der Waals surface area contributed by atoms with E-state index in [0.717, 1.165) is 11.1 Å². The molecule has 0 unspecified atom stereocenters. The number of rotatable bonds is 6. The van der Waals surface area contributed by atoms with Crippen LogP contribution >= 0.6 is 0 Å². The van der Waals surface area contributed by atoms with Gasteiger partial charge in [0.25, 0.3) is 0 Å². The first-order valence-electron chi connectivity index (χ1n) is 6.74. The van der Waals surface area contributed by atoms with E-state index in [1.807, 2.05) is 67.6 Å². The summed E-state index contributed by atoms with van der Waals surface area (Å²) >= 11 is 0. The molecule has 104 valence electrons. The van der Waals surface area contributed by atoms with E-state index in [9.17, 15) is 5.21 Å². The smallest absolute Gasteiger partial charge is 0.221 e. The molecule has 0 spiro atoms. The van der Waals surface area contributed by atoms with E-state index in [0.29, 0.717) is 13.2 Å². The number of benzene rings is 2. The molecule has 3 heteroatoms. The molecular weight excluding hydrogens is 250 g/mol. The van der Waals surface area contributed by atoms with Gasteiger partial charge < -0.3 is 4.74 Å². The predicted octanol–water partition coefficient (Wildman–Crippen LogP) is 3.26. The Morgan fingerprint density at radius 3 is 2.15 bits per heavy atom. The molecule has 0 aliphatic heterocycles. The van der Waals surface area contributed by atoms with Crippen molar-refractivity contribution < 1.29 is 14.7 Å². The topological polar surface area (TPSA) is 32.5 Å². The van der Waals surface area contributed by atoms with Gasteiger partial charge in [0.05, 0.1) is 6.61 Å². The highest BCUT2D eigenvalue weighted by Crippen LogP contribution is 2.03. The van der Waals surface area contributed by atoms with Crippen LogP contribution < -0.4 is 0 Å². The molecule has 1 atom stereocenters. The Kier molecular flexibility index (Phi) is 5.33. The highest BCUT2D eigenvalue weighted by atomic mass is 16.5. The van der Waals surface area contributed by atoms with Gasteiger partial charge in [0.15, 0.2) is 0 Å². The molecule has 0 saturated heterocycles. The van der Waals surface area contributed by atoms with Crippen molar-refractivity contribution in [1.82, 2.24) is 0 Å². The first-order chi connectivity index (χ1) is 9.74. The van der Waals surface area contributed by atoms with Crippen LogP contribution in [-0.4, -0.2) is 22.3 Å². The van der Waals surface area contributed by atoms with Gasteiger partial charge in [-0.25, -0.2) is 0 Å². The summed E-state index contributed by atoms with van der Waals surface area (Å²) in [5.74, 6) is 0. The lowest BCUT2D eigenvalue weighted by Crippen LogP contribution is -2.18. The first kappa shape index (κ1) is 14.3. The second-order valence-corrected chi connectivity index (χ2v) is 4.73. The van der Waals surface area contributed by atoms with Crippen LogP contribution in [0.5, 0.6) is 0 Å². The molecule has 2 aromatic carbocycles. The molecule has 0 radical (unpaired) electrons. The van der Waals surface area contributed by atoms with Gasteiger partial charge in [-0.3, -0.25) is 5.21 Å². The van der Waals surface area contributed by atoms with Crippen molar-refractivity contribution in [3.8, 4) is 0 Å². The highest BCUT2D eigenvalue weighted by Gasteiger charge is 2.08. The Balaban J connectivity index is 1.83. The maximum absolute atomic E-state index is 9.87. The van der Waals surface area contributed by atoms with Crippen LogP contribution in [0.4, 0.5) is 0 Å². The van der Waals surface area contributed by atoms with Crippen LogP contribution in [0.1, 0.15) is 18.1 Å². The van der Waals surface area contributed by atoms with Gasteiger partial charge in [0, 0.05) is 5.56 Å². The first-order valence-corrected chi connectivity index (χ1v) is 6.74. The molecule has 1 N–H and O–H groups in total. The van der Waals surface area contributed by atoms with E-state index in [4.69, 9.17) is 4.74 Å². The van der Waals surface area contributed by atoms with E-state index in [1.165, 1.54) is 4.74 Å². The van der Waals surface area contributed by atoms with Gasteiger partial charge in [-0.15, -0.1) is 0 Å². The molecule has 0 bridgehead atoms. The second-order valence-electron chi connectivity index (χ2n) is 4.73. The number of hydroxylamine groups is 1. The molecule has 0 aliphatic rings. The Bertz CT molecular complexity index is 537. The summed E-state index contributed by atoms with van der Waals surface area (Å²) < 4.78 is 6.85. The zero-order chi connectivity index (χ0) is 14.2. The number of nitrogens with zero attached hydrogens (tertiary/aromatic N) is 1. The Labute approximate surface area is 119 Å². The maximum Gasteiger partial charge on any atom is 0.221 e. The van der Waals surface area contributed by atoms with E-state index >= 15 is 0 Å². The lowest BCUT2D eigenvalue weighted by molar-refractivity contribution is -0.784. The fraction of sp³-hybridized carbons (Fsp3) is 0.235. The lowest BCUT2D eigenvalue weighted by atomic mass is 10.2. The third-order valence-electron chi connectivity index (χ3n) is 2.93. The Morgan fingerprint density at radius 1 is 1.00 bits per heavy atom. The van der Waals surface area contributed by atoms with E-state index < -0.39 is 0 Å². The van der Waals surface area contributed by atoms with Crippen molar-refractivity contribution in [2.24, 2.45) is 0 Å². The van der Waals surface area contributed by atoms with Crippen molar-refractivity contribution in [2.45, 2.75) is 26.2 Å². The third-order valence-corrected chi connectivity index (χ3v) is 2.93. The molecular formula is C17H20NO2+. The number of hydrogen-bond donors (Lipinski definition) is 1. The zero-order valence-electron chi connectivity index (χ0n) is 11.6. The van der Waals surface area contributed by atoms with Crippen molar-refractivity contribution in [1.29, 1.82) is 0 Å². The Hall–Kier alpha value is -2.13. The van der Waals surface area contributed by atoms with E-state index in [1.54, 1.807) is 6.21 Å². The van der Waals surface area contributed by atoms with E-state index in [-0.39, 0.29) is 6.10 Å². The molecule has 0 aromatic heterocycles. The molecule has 0 aliphatic carbocycles. The van der Waals surface area contributed by atoms with Crippen molar-refractivity contribution in [2.75, 3.05) is 0 Å². The summed E-state index contributed by atoms with van der Waals surface area (Å²) in [5, 5.41) is 9.87. The van der Waals surface area contributed by atoms with Gasteiger partial charge in [-0.1, -0.05) is 60.7 Å². The molecule has 3 nitrogen and oxygen atoms in total. The molecule has 0 amide bonds. The fourth-order valence-corrected chi connectivity index (χ4v) is 1.91. The quantitative estimate of drug-likeness (QED) is 0.378. The summed E-state index contributed by atoms with van der Waals surface area (Å²) in [6.07, 6.45) is 1.53. The molecule has 20 heavy (non-hydrogen) atoms. The largest absolute Gasteiger partial charge is 0.363 e. The van der Waals surface area contributed by atoms with Crippen LogP contribution in [0.25, 0.3) is 0 Å². The molecule has 0 saturated carbocycles. The molecule has 0 heterocycles. The molecule has 2 aromatic rings. The highest BCUT2D eigenvalue weighted by molar-refractivity contribution is 5.56. The normalized spacial score (nSPS) is 13.2. The van der Waals surface area contributed by atoms with Crippen molar-refractivity contribution in [3.63, 3.8) is 0 Å². The lowest BCUT2D eigenvalue weighted by Gasteiger charge is -2.06. The van der Waals surface area contributed by atoms with Crippen LogP contribution in [0.15, 0.2) is 60.7 Å². The van der Waals surface area contributed by atoms with Crippen LogP contribution in [-0.2, 0) is 17.9 Å². The minimum atomic E-state index is -0.149. The average molecular weight is 270 g/mol. The average Bonchev–Trinajstić information content (AvgIpc) is 2.47. The van der Waals surface area contributed by atoms with Crippen molar-refractivity contribution in [3.05, 3.63) is 71.8 Å². The maximum atomic E-state index is 9.87. The molecule has 0 fully saturated rings. The van der Waals surface area contributed by atoms with Crippen LogP contribution in [0.2, 0.25) is 0 Å². The fourth-order valence-electron chi connectivity index (χ4n) is 1.91. The van der Waals surface area contributed by atoms with Gasteiger partial charge in [0.2, 0.25) is 12.8 Å². The molecule has 2 rings (SSSR count). The van der Waals surface area contributed by atoms with Gasteiger partial charge in [0.1, 0.15) is 6.10 Å². The second kappa shape index (κ2) is 7.46. The van der Waals surface area contributed by atoms with Crippen LogP contribution in [0, 0.1) is 0 Å². The summed E-state index contributed by atoms with van der Waals surface area (Å²) in [6.45, 7) is 2.91. The van der Waals surface area contributed by atoms with Gasteiger partial charge >= 0.3 is 0 Å². The van der Waals surface area contributed by atoms with Gasteiger partial charge in [-0.05, 0) is 17.2 Å². The van der Waals surface area contributed by atoms with Crippen molar-refractivity contribution >= 4 is 6.21 Å². The monoisotopic (exact) mass is 270 g/mol.